The third kappa shape index (κ3) is 4.69. The van der Waals surface area contributed by atoms with Crippen molar-refractivity contribution >= 4 is 22.6 Å². The second kappa shape index (κ2) is 10.2. The van der Waals surface area contributed by atoms with Crippen LogP contribution in [0.4, 0.5) is 0 Å². The number of rotatable bonds is 6. The van der Waals surface area contributed by atoms with E-state index in [2.05, 4.69) is 10.3 Å². The van der Waals surface area contributed by atoms with E-state index in [-0.39, 0.29) is 17.7 Å². The molecule has 0 aliphatic carbocycles. The molecule has 3 aromatic carbocycles. The van der Waals surface area contributed by atoms with Crippen LogP contribution in [-0.4, -0.2) is 46.5 Å². The van der Waals surface area contributed by atoms with E-state index in [1.165, 1.54) is 0 Å². The van der Waals surface area contributed by atoms with Gasteiger partial charge in [-0.25, -0.2) is 4.98 Å². The highest BCUT2D eigenvalue weighted by Crippen LogP contribution is 2.27. The van der Waals surface area contributed by atoms with Crippen LogP contribution < -0.4 is 10.1 Å². The van der Waals surface area contributed by atoms with Crippen LogP contribution in [-0.2, 0) is 11.8 Å². The van der Waals surface area contributed by atoms with Crippen LogP contribution >= 0.6 is 0 Å². The highest BCUT2D eigenvalue weighted by Gasteiger charge is 2.31. The fraction of sp³-hybridized carbons (Fsp3) is 0.276. The highest BCUT2D eigenvalue weighted by atomic mass is 16.5. The number of aryl methyl sites for hydroxylation is 1. The lowest BCUT2D eigenvalue weighted by molar-refractivity contribution is -0.126. The molecular formula is C29H30N4O3. The number of fused-ring (bicyclic) bond motifs is 1. The predicted molar refractivity (Wildman–Crippen MR) is 139 cm³/mol. The van der Waals surface area contributed by atoms with Crippen LogP contribution in [0.15, 0.2) is 79.1 Å². The first-order valence-electron chi connectivity index (χ1n) is 12.2. The number of aromatic nitrogens is 2. The maximum absolute atomic E-state index is 13.5. The predicted octanol–water partition coefficient (Wildman–Crippen LogP) is 4.34. The molecule has 5 rings (SSSR count). The van der Waals surface area contributed by atoms with Gasteiger partial charge in [0, 0.05) is 38.1 Å². The van der Waals surface area contributed by atoms with E-state index >= 15 is 0 Å². The van der Waals surface area contributed by atoms with Crippen molar-refractivity contribution in [1.29, 1.82) is 0 Å². The van der Waals surface area contributed by atoms with Gasteiger partial charge >= 0.3 is 0 Å². The molecule has 1 N–H and O–H groups in total. The van der Waals surface area contributed by atoms with Gasteiger partial charge in [0.1, 0.15) is 17.6 Å². The lowest BCUT2D eigenvalue weighted by Gasteiger charge is -2.33. The molecule has 7 nitrogen and oxygen atoms in total. The van der Waals surface area contributed by atoms with Gasteiger partial charge in [-0.2, -0.15) is 0 Å². The van der Waals surface area contributed by atoms with Crippen LogP contribution in [0.5, 0.6) is 5.75 Å². The molecule has 36 heavy (non-hydrogen) atoms. The highest BCUT2D eigenvalue weighted by molar-refractivity contribution is 6.07. The molecule has 1 fully saturated rings. The van der Waals surface area contributed by atoms with Crippen molar-refractivity contribution in [2.24, 2.45) is 13.0 Å². The van der Waals surface area contributed by atoms with E-state index in [9.17, 15) is 9.59 Å². The maximum atomic E-state index is 13.5. The molecule has 0 radical (unpaired) electrons. The maximum Gasteiger partial charge on any atom is 0.254 e. The minimum absolute atomic E-state index is 0.0277. The standard InChI is InChI=1S/C29H30N4O3/c1-32-18-16-30-27(32)26(21-12-14-23(36-2)15-13-21)31-28(34)22-9-6-17-33(19-22)29(35)25-11-5-8-20-7-3-4-10-24(20)25/h3-5,7-8,10-16,18,22,26H,6,9,17,19H2,1-2H3,(H,31,34)/t22-,26-/m0/s1. The second-order valence-corrected chi connectivity index (χ2v) is 9.23. The van der Waals surface area contributed by atoms with Crippen LogP contribution in [0.1, 0.15) is 40.6 Å². The fourth-order valence-corrected chi connectivity index (χ4v) is 4.97. The van der Waals surface area contributed by atoms with Crippen molar-refractivity contribution in [2.45, 2.75) is 18.9 Å². The van der Waals surface area contributed by atoms with E-state index < -0.39 is 6.04 Å². The summed E-state index contributed by atoms with van der Waals surface area (Å²) in [5.41, 5.74) is 1.59. The largest absolute Gasteiger partial charge is 0.497 e. The van der Waals surface area contributed by atoms with Gasteiger partial charge in [0.2, 0.25) is 5.91 Å². The lowest BCUT2D eigenvalue weighted by atomic mass is 9.94. The Bertz CT molecular complexity index is 1370. The molecule has 2 heterocycles. The number of hydrogen-bond donors (Lipinski definition) is 1. The number of imidazole rings is 1. The molecule has 1 aliphatic rings. The Morgan fingerprint density at radius 2 is 1.83 bits per heavy atom. The van der Waals surface area contributed by atoms with Crippen LogP contribution in [0.3, 0.4) is 0 Å². The average Bonchev–Trinajstić information content (AvgIpc) is 3.36. The minimum atomic E-state index is -0.410. The summed E-state index contributed by atoms with van der Waals surface area (Å²) >= 11 is 0. The Labute approximate surface area is 210 Å². The van der Waals surface area contributed by atoms with Crippen LogP contribution in [0.2, 0.25) is 0 Å². The van der Waals surface area contributed by atoms with Crippen molar-refractivity contribution in [3.63, 3.8) is 0 Å². The zero-order chi connectivity index (χ0) is 25.1. The van der Waals surface area contributed by atoms with Gasteiger partial charge in [0.05, 0.1) is 13.0 Å². The first-order chi connectivity index (χ1) is 17.5. The summed E-state index contributed by atoms with van der Waals surface area (Å²) in [5, 5.41) is 5.18. The number of nitrogens with zero attached hydrogens (tertiary/aromatic N) is 3. The van der Waals surface area contributed by atoms with Gasteiger partial charge < -0.3 is 19.5 Å². The van der Waals surface area contributed by atoms with Gasteiger partial charge in [-0.3, -0.25) is 9.59 Å². The van der Waals surface area contributed by atoms with E-state index in [0.717, 1.165) is 40.8 Å². The normalized spacial score (nSPS) is 16.5. The molecule has 1 aliphatic heterocycles. The molecule has 7 heteroatoms. The number of ether oxygens (including phenoxy) is 1. The number of carbonyl (C=O) groups excluding carboxylic acids is 2. The van der Waals surface area contributed by atoms with Crippen molar-refractivity contribution in [3.05, 3.63) is 96.1 Å². The Morgan fingerprint density at radius 1 is 1.06 bits per heavy atom. The smallest absolute Gasteiger partial charge is 0.254 e. The van der Waals surface area contributed by atoms with E-state index in [0.29, 0.717) is 18.7 Å². The lowest BCUT2D eigenvalue weighted by Crippen LogP contribution is -2.46. The topological polar surface area (TPSA) is 76.5 Å². The van der Waals surface area contributed by atoms with E-state index in [1.807, 2.05) is 89.4 Å². The molecule has 4 aromatic rings. The molecule has 0 bridgehead atoms. The van der Waals surface area contributed by atoms with Crippen molar-refractivity contribution in [2.75, 3.05) is 20.2 Å². The molecule has 0 spiro atoms. The number of amides is 2. The van der Waals surface area contributed by atoms with Crippen LogP contribution in [0.25, 0.3) is 10.8 Å². The first kappa shape index (κ1) is 23.6. The number of benzene rings is 3. The summed E-state index contributed by atoms with van der Waals surface area (Å²) in [7, 11) is 3.54. The second-order valence-electron chi connectivity index (χ2n) is 9.23. The molecule has 2 atom stereocenters. The number of piperidine rings is 1. The zero-order valence-electron chi connectivity index (χ0n) is 20.6. The number of likely N-dealkylation sites (tertiary alicyclic amines) is 1. The quantitative estimate of drug-likeness (QED) is 0.444. The molecular weight excluding hydrogens is 452 g/mol. The van der Waals surface area contributed by atoms with Crippen molar-refractivity contribution < 1.29 is 14.3 Å². The number of methoxy groups -OCH3 is 1. The van der Waals surface area contributed by atoms with E-state index in [1.54, 1.807) is 13.3 Å². The molecule has 1 aromatic heterocycles. The first-order valence-corrected chi connectivity index (χ1v) is 12.2. The molecule has 1 saturated heterocycles. The zero-order valence-corrected chi connectivity index (χ0v) is 20.6. The van der Waals surface area contributed by atoms with Gasteiger partial charge in [-0.15, -0.1) is 0 Å². The third-order valence-corrected chi connectivity index (χ3v) is 6.95. The number of nitrogens with one attached hydrogen (secondary N) is 1. The SMILES string of the molecule is COc1ccc([C@H](NC(=O)[C@H]2CCCN(C(=O)c3cccc4ccccc34)C2)c2nccn2C)cc1. The summed E-state index contributed by atoms with van der Waals surface area (Å²) in [6, 6.07) is 20.9. The summed E-state index contributed by atoms with van der Waals surface area (Å²) in [6.45, 7) is 1.04. The molecule has 2 amide bonds. The number of carbonyl (C=O) groups is 2. The minimum Gasteiger partial charge on any atom is -0.497 e. The fourth-order valence-electron chi connectivity index (χ4n) is 4.97. The van der Waals surface area contributed by atoms with Gasteiger partial charge in [0.25, 0.3) is 5.91 Å². The third-order valence-electron chi connectivity index (χ3n) is 6.95. The molecule has 184 valence electrons. The van der Waals surface area contributed by atoms with Gasteiger partial charge in [-0.1, -0.05) is 48.5 Å². The monoisotopic (exact) mass is 482 g/mol. The summed E-state index contributed by atoms with van der Waals surface area (Å²) < 4.78 is 7.20. The Kier molecular flexibility index (Phi) is 6.71. The average molecular weight is 483 g/mol. The van der Waals surface area contributed by atoms with Crippen LogP contribution in [0, 0.1) is 5.92 Å². The van der Waals surface area contributed by atoms with Gasteiger partial charge in [0.15, 0.2) is 0 Å². The molecule has 0 saturated carbocycles. The summed E-state index contributed by atoms with van der Waals surface area (Å²) in [6.07, 6.45) is 5.11. The van der Waals surface area contributed by atoms with Gasteiger partial charge in [-0.05, 0) is 47.4 Å². The summed E-state index contributed by atoms with van der Waals surface area (Å²) in [4.78, 5) is 33.3. The Balaban J connectivity index is 1.35. The Hall–Kier alpha value is -4.13. The summed E-state index contributed by atoms with van der Waals surface area (Å²) in [5.74, 6) is 1.10. The number of hydrogen-bond acceptors (Lipinski definition) is 4. The Morgan fingerprint density at radius 3 is 2.58 bits per heavy atom. The molecule has 0 unspecified atom stereocenters. The van der Waals surface area contributed by atoms with E-state index in [4.69, 9.17) is 4.74 Å². The van der Waals surface area contributed by atoms with Crippen molar-refractivity contribution in [1.82, 2.24) is 19.8 Å². The van der Waals surface area contributed by atoms with Crippen molar-refractivity contribution in [3.8, 4) is 5.75 Å².